The van der Waals surface area contributed by atoms with Crippen molar-refractivity contribution in [3.63, 3.8) is 0 Å². The van der Waals surface area contributed by atoms with Gasteiger partial charge in [0.15, 0.2) is 5.82 Å². The summed E-state index contributed by atoms with van der Waals surface area (Å²) in [5.74, 6) is 0.655. The van der Waals surface area contributed by atoms with E-state index in [9.17, 15) is 0 Å². The van der Waals surface area contributed by atoms with E-state index in [1.165, 1.54) is 0 Å². The summed E-state index contributed by atoms with van der Waals surface area (Å²) in [7, 11) is 0. The zero-order chi connectivity index (χ0) is 41.0. The molecule has 62 heavy (non-hydrogen) atoms. The van der Waals surface area contributed by atoms with E-state index in [0.29, 0.717) is 5.82 Å². The molecule has 5 heteroatoms. The van der Waals surface area contributed by atoms with Crippen LogP contribution < -0.4 is 0 Å². The molecule has 4 heterocycles. The van der Waals surface area contributed by atoms with Crippen LogP contribution in [0.5, 0.6) is 0 Å². The lowest BCUT2D eigenvalue weighted by atomic mass is 9.97. The number of benzene rings is 8. The molecule has 12 aromatic rings. The first-order valence-corrected chi connectivity index (χ1v) is 20.8. The maximum atomic E-state index is 6.44. The van der Waals surface area contributed by atoms with Crippen molar-refractivity contribution in [1.82, 2.24) is 19.5 Å². The summed E-state index contributed by atoms with van der Waals surface area (Å²) in [6, 6.07) is 76.1. The average Bonchev–Trinajstić information content (AvgIpc) is 3.88. The Labute approximate surface area is 357 Å². The first kappa shape index (κ1) is 35.5. The lowest BCUT2D eigenvalue weighted by Crippen LogP contribution is -2.02. The topological polar surface area (TPSA) is 56.7 Å². The van der Waals surface area contributed by atoms with E-state index in [4.69, 9.17) is 19.4 Å². The second-order valence-electron chi connectivity index (χ2n) is 15.6. The van der Waals surface area contributed by atoms with Crippen LogP contribution in [0.4, 0.5) is 0 Å². The number of aromatic nitrogens is 4. The highest BCUT2D eigenvalue weighted by molar-refractivity contribution is 6.17. The molecule has 0 amide bonds. The minimum absolute atomic E-state index is 0.655. The molecule has 0 saturated carbocycles. The lowest BCUT2D eigenvalue weighted by molar-refractivity contribution is 0.669. The molecular formula is C57H36N4O. The summed E-state index contributed by atoms with van der Waals surface area (Å²) in [4.78, 5) is 16.0. The van der Waals surface area contributed by atoms with Crippen molar-refractivity contribution in [2.45, 2.75) is 0 Å². The van der Waals surface area contributed by atoms with Crippen molar-refractivity contribution < 1.29 is 4.42 Å². The highest BCUT2D eigenvalue weighted by Gasteiger charge is 2.22. The molecule has 0 aliphatic carbocycles. The van der Waals surface area contributed by atoms with Crippen LogP contribution in [-0.4, -0.2) is 19.5 Å². The van der Waals surface area contributed by atoms with Crippen molar-refractivity contribution in [2.24, 2.45) is 0 Å². The molecule has 5 nitrogen and oxygen atoms in total. The molecule has 8 aromatic carbocycles. The molecule has 0 N–H and O–H groups in total. The standard InChI is InChI=1S/C57H36N4O/c1-5-17-37(18-6-1)42-32-48(38-19-7-2-8-20-38)58-49(33-42)41-29-30-53(47(31-41)51-36-50(39-21-9-3-10-22-39)59-57(60-51)40-23-11-4-12-24-40)61-52-27-15-13-25-43(52)45-35-56-46(34-54(45)61)44-26-14-16-28-55(44)62-56/h1-36H. The van der Waals surface area contributed by atoms with E-state index in [-0.39, 0.29) is 0 Å². The molecule has 0 fully saturated rings. The number of fused-ring (bicyclic) bond motifs is 6. The van der Waals surface area contributed by atoms with Crippen LogP contribution in [-0.2, 0) is 0 Å². The quantitative estimate of drug-likeness (QED) is 0.161. The van der Waals surface area contributed by atoms with Gasteiger partial charge in [0, 0.05) is 49.4 Å². The zero-order valence-electron chi connectivity index (χ0n) is 33.5. The smallest absolute Gasteiger partial charge is 0.160 e. The van der Waals surface area contributed by atoms with E-state index in [0.717, 1.165) is 111 Å². The zero-order valence-corrected chi connectivity index (χ0v) is 33.5. The Kier molecular flexibility index (Phi) is 8.42. The number of rotatable bonds is 7. The van der Waals surface area contributed by atoms with Crippen molar-refractivity contribution in [2.75, 3.05) is 0 Å². The Hall–Kier alpha value is -8.41. The van der Waals surface area contributed by atoms with Crippen LogP contribution in [0.25, 0.3) is 117 Å². The van der Waals surface area contributed by atoms with Gasteiger partial charge >= 0.3 is 0 Å². The SMILES string of the molecule is c1ccc(-c2cc(-c3ccccc3)nc(-c3ccc(-n4c5ccccc5c5cc6oc7ccccc7c6cc54)c(-c4cc(-c5ccccc5)nc(-c5ccccc5)n4)c3)c2)cc1. The normalized spacial score (nSPS) is 11.5. The van der Waals surface area contributed by atoms with Crippen LogP contribution in [0.15, 0.2) is 223 Å². The van der Waals surface area contributed by atoms with Gasteiger partial charge in [-0.1, -0.05) is 164 Å². The van der Waals surface area contributed by atoms with Gasteiger partial charge in [-0.3, -0.25) is 0 Å². The van der Waals surface area contributed by atoms with Crippen LogP contribution in [0.3, 0.4) is 0 Å². The fourth-order valence-corrected chi connectivity index (χ4v) is 8.83. The van der Waals surface area contributed by atoms with Gasteiger partial charge in [0.25, 0.3) is 0 Å². The van der Waals surface area contributed by atoms with Crippen LogP contribution >= 0.6 is 0 Å². The monoisotopic (exact) mass is 792 g/mol. The number of hydrogen-bond donors (Lipinski definition) is 0. The predicted molar refractivity (Wildman–Crippen MR) is 254 cm³/mol. The molecule has 0 aliphatic rings. The van der Waals surface area contributed by atoms with Crippen molar-refractivity contribution >= 4 is 43.7 Å². The second-order valence-corrected chi connectivity index (χ2v) is 15.6. The summed E-state index contributed by atoms with van der Waals surface area (Å²) >= 11 is 0. The molecule has 4 aromatic heterocycles. The Balaban J connectivity index is 1.17. The predicted octanol–water partition coefficient (Wildman–Crippen LogP) is 14.9. The first-order valence-electron chi connectivity index (χ1n) is 20.8. The van der Waals surface area contributed by atoms with Gasteiger partial charge in [0.2, 0.25) is 0 Å². The number of pyridine rings is 1. The van der Waals surface area contributed by atoms with E-state index < -0.39 is 0 Å². The molecule has 290 valence electrons. The molecule has 0 spiro atoms. The Morgan fingerprint density at radius 1 is 0.306 bits per heavy atom. The van der Waals surface area contributed by atoms with E-state index in [2.05, 4.69) is 180 Å². The van der Waals surface area contributed by atoms with Gasteiger partial charge in [0.1, 0.15) is 11.2 Å². The maximum Gasteiger partial charge on any atom is 0.160 e. The molecular weight excluding hydrogens is 757 g/mol. The first-order chi connectivity index (χ1) is 30.7. The molecule has 0 radical (unpaired) electrons. The summed E-state index contributed by atoms with van der Waals surface area (Å²) in [5, 5.41) is 4.42. The van der Waals surface area contributed by atoms with Gasteiger partial charge in [-0.05, 0) is 65.7 Å². The molecule has 0 saturated heterocycles. The third kappa shape index (κ3) is 6.14. The Morgan fingerprint density at radius 3 is 1.58 bits per heavy atom. The number of para-hydroxylation sites is 2. The van der Waals surface area contributed by atoms with E-state index >= 15 is 0 Å². The molecule has 12 rings (SSSR count). The third-order valence-corrected chi connectivity index (χ3v) is 11.8. The minimum atomic E-state index is 0.655. The number of nitrogens with zero attached hydrogens (tertiary/aromatic N) is 4. The van der Waals surface area contributed by atoms with Gasteiger partial charge in [-0.25, -0.2) is 15.0 Å². The lowest BCUT2D eigenvalue weighted by Gasteiger charge is -2.17. The second kappa shape index (κ2) is 14.7. The minimum Gasteiger partial charge on any atom is -0.456 e. The van der Waals surface area contributed by atoms with E-state index in [1.54, 1.807) is 0 Å². The molecule has 0 unspecified atom stereocenters. The van der Waals surface area contributed by atoms with Crippen LogP contribution in [0.2, 0.25) is 0 Å². The highest BCUT2D eigenvalue weighted by Crippen LogP contribution is 2.42. The summed E-state index contributed by atoms with van der Waals surface area (Å²) in [5.41, 5.74) is 15.5. The van der Waals surface area contributed by atoms with Gasteiger partial charge in [-0.15, -0.1) is 0 Å². The highest BCUT2D eigenvalue weighted by atomic mass is 16.3. The maximum absolute atomic E-state index is 6.44. The van der Waals surface area contributed by atoms with Crippen LogP contribution in [0, 0.1) is 0 Å². The molecule has 0 aliphatic heterocycles. The van der Waals surface area contributed by atoms with Gasteiger partial charge in [-0.2, -0.15) is 0 Å². The van der Waals surface area contributed by atoms with Gasteiger partial charge < -0.3 is 8.98 Å². The molecule has 0 bridgehead atoms. The fraction of sp³-hybridized carbons (Fsp3) is 0. The van der Waals surface area contributed by atoms with Crippen molar-refractivity contribution in [1.29, 1.82) is 0 Å². The average molecular weight is 793 g/mol. The summed E-state index contributed by atoms with van der Waals surface area (Å²) < 4.78 is 8.83. The third-order valence-electron chi connectivity index (χ3n) is 11.8. The number of furan rings is 1. The van der Waals surface area contributed by atoms with Crippen molar-refractivity contribution in [3.05, 3.63) is 218 Å². The largest absolute Gasteiger partial charge is 0.456 e. The summed E-state index contributed by atoms with van der Waals surface area (Å²) in [6.07, 6.45) is 0. The molecule has 0 atom stereocenters. The van der Waals surface area contributed by atoms with Gasteiger partial charge in [0.05, 0.1) is 39.5 Å². The Bertz CT molecular complexity index is 3500. The number of hydrogen-bond acceptors (Lipinski definition) is 4. The fourth-order valence-electron chi connectivity index (χ4n) is 8.83. The Morgan fingerprint density at radius 2 is 0.871 bits per heavy atom. The van der Waals surface area contributed by atoms with Crippen LogP contribution in [0.1, 0.15) is 0 Å². The van der Waals surface area contributed by atoms with E-state index in [1.807, 2.05) is 42.5 Å². The van der Waals surface area contributed by atoms with Crippen molar-refractivity contribution in [3.8, 4) is 73.2 Å². The summed E-state index contributed by atoms with van der Waals surface area (Å²) in [6.45, 7) is 0.